The quantitative estimate of drug-likeness (QED) is 0.514. The van der Waals surface area contributed by atoms with Crippen molar-refractivity contribution in [3.63, 3.8) is 0 Å². The number of nitrogens with zero attached hydrogens (tertiary/aromatic N) is 3. The summed E-state index contributed by atoms with van der Waals surface area (Å²) in [5.74, 6) is 1.30. The average Bonchev–Trinajstić information content (AvgIpc) is 2.76. The van der Waals surface area contributed by atoms with Crippen molar-refractivity contribution in [3.05, 3.63) is 64.7 Å². The standard InChI is InChI=1S/C27H36N4O3/c1-8-34-23-16-12-11-15-22(23)31-24(28-21-14-10-9-13-20(21)25(31)32)19(4)30(17-18(2)3)26(33)29-27(5,6)7/h9-16,18-19H,8,17H2,1-7H3,(H,29,33). The minimum Gasteiger partial charge on any atom is -0.492 e. The van der Waals surface area contributed by atoms with Crippen LogP contribution in [0.2, 0.25) is 0 Å². The van der Waals surface area contributed by atoms with Crippen LogP contribution in [0.1, 0.15) is 60.3 Å². The predicted molar refractivity (Wildman–Crippen MR) is 137 cm³/mol. The Balaban J connectivity index is 2.27. The highest BCUT2D eigenvalue weighted by molar-refractivity contribution is 5.79. The second-order valence-electron chi connectivity index (χ2n) is 9.93. The van der Waals surface area contributed by atoms with Crippen LogP contribution in [-0.2, 0) is 0 Å². The van der Waals surface area contributed by atoms with Gasteiger partial charge in [0.25, 0.3) is 5.56 Å². The summed E-state index contributed by atoms with van der Waals surface area (Å²) in [4.78, 5) is 33.8. The molecule has 1 atom stereocenters. The molecule has 7 nitrogen and oxygen atoms in total. The molecule has 3 rings (SSSR count). The zero-order valence-electron chi connectivity index (χ0n) is 21.3. The van der Waals surface area contributed by atoms with Crippen LogP contribution in [-0.4, -0.2) is 39.2 Å². The van der Waals surface area contributed by atoms with E-state index in [2.05, 4.69) is 19.2 Å². The Morgan fingerprint density at radius 1 is 1.09 bits per heavy atom. The first kappa shape index (κ1) is 25.3. The van der Waals surface area contributed by atoms with E-state index in [4.69, 9.17) is 9.72 Å². The topological polar surface area (TPSA) is 76.5 Å². The third-order valence-corrected chi connectivity index (χ3v) is 5.35. The van der Waals surface area contributed by atoms with Crippen molar-refractivity contribution in [2.24, 2.45) is 5.92 Å². The number of carbonyl (C=O) groups is 1. The van der Waals surface area contributed by atoms with Crippen molar-refractivity contribution >= 4 is 16.9 Å². The molecule has 7 heteroatoms. The molecule has 1 aromatic heterocycles. The molecule has 0 saturated carbocycles. The summed E-state index contributed by atoms with van der Waals surface area (Å²) in [6.45, 7) is 14.8. The first-order valence-corrected chi connectivity index (χ1v) is 11.9. The zero-order valence-corrected chi connectivity index (χ0v) is 21.3. The molecule has 1 heterocycles. The highest BCUT2D eigenvalue weighted by Crippen LogP contribution is 2.28. The SMILES string of the molecule is CCOc1ccccc1-n1c(C(C)N(CC(C)C)C(=O)NC(C)(C)C)nc2ccccc2c1=O. The van der Waals surface area contributed by atoms with Crippen LogP contribution in [0.3, 0.4) is 0 Å². The van der Waals surface area contributed by atoms with Gasteiger partial charge < -0.3 is 15.0 Å². The number of hydrogen-bond acceptors (Lipinski definition) is 4. The van der Waals surface area contributed by atoms with E-state index >= 15 is 0 Å². The fraction of sp³-hybridized carbons (Fsp3) is 0.444. The molecule has 34 heavy (non-hydrogen) atoms. The molecule has 2 aromatic carbocycles. The van der Waals surface area contributed by atoms with Gasteiger partial charge in [-0.05, 0) is 64.8 Å². The average molecular weight is 465 g/mol. The lowest BCUT2D eigenvalue weighted by Crippen LogP contribution is -2.50. The Labute approximate surface area is 201 Å². The number of ether oxygens (including phenoxy) is 1. The molecular formula is C27H36N4O3. The molecule has 0 saturated heterocycles. The predicted octanol–water partition coefficient (Wildman–Crippen LogP) is 5.31. The first-order chi connectivity index (χ1) is 16.0. The number of fused-ring (bicyclic) bond motifs is 1. The van der Waals surface area contributed by atoms with Crippen molar-refractivity contribution < 1.29 is 9.53 Å². The number of nitrogens with one attached hydrogen (secondary N) is 1. The first-order valence-electron chi connectivity index (χ1n) is 11.9. The van der Waals surface area contributed by atoms with Gasteiger partial charge in [0.2, 0.25) is 0 Å². The van der Waals surface area contributed by atoms with Crippen LogP contribution < -0.4 is 15.6 Å². The number of benzene rings is 2. The van der Waals surface area contributed by atoms with E-state index in [1.165, 1.54) is 0 Å². The number of rotatable bonds is 7. The normalized spacial score (nSPS) is 12.6. The van der Waals surface area contributed by atoms with Crippen LogP contribution in [0, 0.1) is 5.92 Å². The molecule has 0 aliphatic carbocycles. The molecule has 0 spiro atoms. The molecule has 3 aromatic rings. The summed E-state index contributed by atoms with van der Waals surface area (Å²) < 4.78 is 7.44. The minimum absolute atomic E-state index is 0.194. The third kappa shape index (κ3) is 5.58. The van der Waals surface area contributed by atoms with Gasteiger partial charge in [0.05, 0.1) is 29.2 Å². The van der Waals surface area contributed by atoms with Gasteiger partial charge in [-0.15, -0.1) is 0 Å². The van der Waals surface area contributed by atoms with Gasteiger partial charge in [-0.2, -0.15) is 0 Å². The van der Waals surface area contributed by atoms with E-state index in [9.17, 15) is 9.59 Å². The van der Waals surface area contributed by atoms with Crippen molar-refractivity contribution in [1.82, 2.24) is 19.8 Å². The Morgan fingerprint density at radius 3 is 2.38 bits per heavy atom. The molecule has 1 N–H and O–H groups in total. The summed E-state index contributed by atoms with van der Waals surface area (Å²) in [5.41, 5.74) is 0.611. The lowest BCUT2D eigenvalue weighted by Gasteiger charge is -2.34. The Bertz CT molecular complexity index is 1210. The van der Waals surface area contributed by atoms with E-state index in [0.29, 0.717) is 41.3 Å². The maximum Gasteiger partial charge on any atom is 0.318 e. The summed E-state index contributed by atoms with van der Waals surface area (Å²) in [6.07, 6.45) is 0. The van der Waals surface area contributed by atoms with Crippen LogP contribution in [0.15, 0.2) is 53.3 Å². The van der Waals surface area contributed by atoms with Gasteiger partial charge >= 0.3 is 6.03 Å². The lowest BCUT2D eigenvalue weighted by molar-refractivity contribution is 0.158. The molecule has 0 aliphatic heterocycles. The van der Waals surface area contributed by atoms with Crippen molar-refractivity contribution in [1.29, 1.82) is 0 Å². The molecule has 182 valence electrons. The van der Waals surface area contributed by atoms with E-state index in [0.717, 1.165) is 0 Å². The molecule has 0 radical (unpaired) electrons. The largest absolute Gasteiger partial charge is 0.492 e. The number of carbonyl (C=O) groups excluding carboxylic acids is 1. The molecule has 1 unspecified atom stereocenters. The lowest BCUT2D eigenvalue weighted by atomic mass is 10.1. The zero-order chi connectivity index (χ0) is 25.0. The van der Waals surface area contributed by atoms with E-state index in [1.807, 2.05) is 77.1 Å². The van der Waals surface area contributed by atoms with Gasteiger partial charge in [-0.3, -0.25) is 9.36 Å². The Kier molecular flexibility index (Phi) is 7.64. The summed E-state index contributed by atoms with van der Waals surface area (Å²) in [5, 5.41) is 3.58. The Morgan fingerprint density at radius 2 is 1.74 bits per heavy atom. The number of amides is 2. The molecule has 0 bridgehead atoms. The molecular weight excluding hydrogens is 428 g/mol. The van der Waals surface area contributed by atoms with Crippen LogP contribution >= 0.6 is 0 Å². The summed E-state index contributed by atoms with van der Waals surface area (Å²) in [7, 11) is 0. The smallest absolute Gasteiger partial charge is 0.318 e. The molecule has 2 amide bonds. The number of para-hydroxylation sites is 3. The molecule has 0 fully saturated rings. The van der Waals surface area contributed by atoms with Crippen molar-refractivity contribution in [2.45, 2.75) is 60.0 Å². The third-order valence-electron chi connectivity index (χ3n) is 5.35. The van der Waals surface area contributed by atoms with Gasteiger partial charge in [0, 0.05) is 12.1 Å². The monoisotopic (exact) mass is 464 g/mol. The van der Waals surface area contributed by atoms with E-state index < -0.39 is 11.6 Å². The maximum atomic E-state index is 13.8. The highest BCUT2D eigenvalue weighted by Gasteiger charge is 2.30. The number of urea groups is 1. The van der Waals surface area contributed by atoms with Crippen LogP contribution in [0.4, 0.5) is 4.79 Å². The van der Waals surface area contributed by atoms with Crippen molar-refractivity contribution in [3.8, 4) is 11.4 Å². The fourth-order valence-corrected chi connectivity index (χ4v) is 3.92. The fourth-order valence-electron chi connectivity index (χ4n) is 3.92. The van der Waals surface area contributed by atoms with Crippen molar-refractivity contribution in [2.75, 3.05) is 13.2 Å². The number of aromatic nitrogens is 2. The Hall–Kier alpha value is -3.35. The van der Waals surface area contributed by atoms with Crippen LogP contribution in [0.5, 0.6) is 5.75 Å². The maximum absolute atomic E-state index is 13.8. The molecule has 0 aliphatic rings. The second-order valence-corrected chi connectivity index (χ2v) is 9.93. The second kappa shape index (κ2) is 10.3. The van der Waals surface area contributed by atoms with E-state index in [-0.39, 0.29) is 17.5 Å². The highest BCUT2D eigenvalue weighted by atomic mass is 16.5. The van der Waals surface area contributed by atoms with Gasteiger partial charge in [-0.1, -0.05) is 38.1 Å². The summed E-state index contributed by atoms with van der Waals surface area (Å²) >= 11 is 0. The van der Waals surface area contributed by atoms with Gasteiger partial charge in [0.1, 0.15) is 11.6 Å². The van der Waals surface area contributed by atoms with Gasteiger partial charge in [0.15, 0.2) is 0 Å². The minimum atomic E-state index is -0.475. The van der Waals surface area contributed by atoms with E-state index in [1.54, 1.807) is 15.5 Å². The van der Waals surface area contributed by atoms with Gasteiger partial charge in [-0.25, -0.2) is 9.78 Å². The number of hydrogen-bond donors (Lipinski definition) is 1. The van der Waals surface area contributed by atoms with Crippen LogP contribution in [0.25, 0.3) is 16.6 Å². The summed E-state index contributed by atoms with van der Waals surface area (Å²) in [6, 6.07) is 14.1.